The molecule has 19 heavy (non-hydrogen) atoms. The van der Waals surface area contributed by atoms with E-state index < -0.39 is 10.9 Å². The molecule has 0 spiro atoms. The zero-order chi connectivity index (χ0) is 14.4. The summed E-state index contributed by atoms with van der Waals surface area (Å²) in [6.45, 7) is 0.241. The van der Waals surface area contributed by atoms with Gasteiger partial charge in [-0.15, -0.1) is 0 Å². The van der Waals surface area contributed by atoms with E-state index in [1.807, 2.05) is 0 Å². The number of carboxylic acids is 1. The number of nitro groups is 1. The molecule has 8 heteroatoms. The molecule has 0 fully saturated rings. The van der Waals surface area contributed by atoms with Crippen LogP contribution in [0.4, 0.5) is 5.69 Å². The van der Waals surface area contributed by atoms with Crippen LogP contribution in [-0.2, 0) is 4.79 Å². The van der Waals surface area contributed by atoms with Crippen molar-refractivity contribution in [3.63, 3.8) is 0 Å². The summed E-state index contributed by atoms with van der Waals surface area (Å²) < 4.78 is 5.30. The maximum atomic E-state index is 10.6. The van der Waals surface area contributed by atoms with Gasteiger partial charge in [0.15, 0.2) is 5.75 Å². The highest BCUT2D eigenvalue weighted by molar-refractivity contribution is 6.37. The Morgan fingerprint density at radius 1 is 1.32 bits per heavy atom. The average molecular weight is 308 g/mol. The van der Waals surface area contributed by atoms with Crippen molar-refractivity contribution in [2.24, 2.45) is 0 Å². The van der Waals surface area contributed by atoms with Crippen molar-refractivity contribution >= 4 is 34.9 Å². The molecule has 1 aromatic rings. The second-order valence-electron chi connectivity index (χ2n) is 3.69. The molecule has 0 saturated carbocycles. The molecule has 1 N–H and O–H groups in total. The molecule has 0 atom stereocenters. The number of rotatable bonds is 7. The van der Waals surface area contributed by atoms with Gasteiger partial charge in [-0.25, -0.2) is 0 Å². The predicted octanol–water partition coefficient (Wildman–Crippen LogP) is 3.54. The number of aliphatic carboxylic acids is 1. The van der Waals surface area contributed by atoms with Crippen LogP contribution in [0.2, 0.25) is 10.0 Å². The van der Waals surface area contributed by atoms with Crippen molar-refractivity contribution in [1.29, 1.82) is 0 Å². The van der Waals surface area contributed by atoms with E-state index in [4.69, 9.17) is 33.0 Å². The van der Waals surface area contributed by atoms with Crippen LogP contribution < -0.4 is 4.74 Å². The fourth-order valence-corrected chi connectivity index (χ4v) is 1.93. The Morgan fingerprint density at radius 2 is 1.89 bits per heavy atom. The number of unbranched alkanes of at least 4 members (excludes halogenated alkanes) is 1. The number of carbonyl (C=O) groups is 1. The number of nitro benzene ring substituents is 1. The minimum atomic E-state index is -0.869. The third kappa shape index (κ3) is 4.92. The topological polar surface area (TPSA) is 89.7 Å². The van der Waals surface area contributed by atoms with Crippen LogP contribution in [0.3, 0.4) is 0 Å². The van der Waals surface area contributed by atoms with Crippen LogP contribution in [0.5, 0.6) is 5.75 Å². The Morgan fingerprint density at radius 3 is 2.37 bits per heavy atom. The van der Waals surface area contributed by atoms with Crippen LogP contribution in [0, 0.1) is 10.1 Å². The quantitative estimate of drug-likeness (QED) is 0.473. The maximum Gasteiger partial charge on any atom is 0.303 e. The summed E-state index contributed by atoms with van der Waals surface area (Å²) in [6, 6.07) is 2.31. The number of hydrogen-bond acceptors (Lipinski definition) is 4. The minimum Gasteiger partial charge on any atom is -0.490 e. The zero-order valence-electron chi connectivity index (χ0n) is 9.77. The fraction of sp³-hybridized carbons (Fsp3) is 0.364. The Bertz CT molecular complexity index is 469. The number of halogens is 2. The highest BCUT2D eigenvalue weighted by Crippen LogP contribution is 2.36. The monoisotopic (exact) mass is 307 g/mol. The molecular weight excluding hydrogens is 297 g/mol. The molecular formula is C11H11Cl2NO5. The van der Waals surface area contributed by atoms with Gasteiger partial charge >= 0.3 is 5.97 Å². The number of benzene rings is 1. The first-order valence-electron chi connectivity index (χ1n) is 5.40. The van der Waals surface area contributed by atoms with Crippen LogP contribution >= 0.6 is 23.2 Å². The van der Waals surface area contributed by atoms with Gasteiger partial charge in [0.05, 0.1) is 21.6 Å². The van der Waals surface area contributed by atoms with Crippen molar-refractivity contribution in [2.45, 2.75) is 19.3 Å². The summed E-state index contributed by atoms with van der Waals surface area (Å²) in [5, 5.41) is 19.1. The van der Waals surface area contributed by atoms with E-state index in [2.05, 4.69) is 0 Å². The van der Waals surface area contributed by atoms with E-state index in [1.165, 1.54) is 0 Å². The van der Waals surface area contributed by atoms with E-state index in [9.17, 15) is 14.9 Å². The van der Waals surface area contributed by atoms with Crippen molar-refractivity contribution in [3.8, 4) is 5.75 Å². The van der Waals surface area contributed by atoms with E-state index in [-0.39, 0.29) is 34.5 Å². The Labute approximate surface area is 119 Å². The van der Waals surface area contributed by atoms with Gasteiger partial charge in [-0.05, 0) is 12.8 Å². The third-order valence-corrected chi connectivity index (χ3v) is 2.79. The van der Waals surface area contributed by atoms with E-state index >= 15 is 0 Å². The first kappa shape index (κ1) is 15.5. The molecule has 0 aliphatic heterocycles. The molecule has 0 saturated heterocycles. The van der Waals surface area contributed by atoms with Gasteiger partial charge in [0.1, 0.15) is 0 Å². The number of carboxylic acid groups (broad SMARTS) is 1. The lowest BCUT2D eigenvalue weighted by atomic mass is 10.2. The van der Waals surface area contributed by atoms with Gasteiger partial charge in [-0.2, -0.15) is 0 Å². The molecule has 1 aromatic carbocycles. The Kier molecular flexibility index (Phi) is 5.85. The maximum absolute atomic E-state index is 10.6. The third-order valence-electron chi connectivity index (χ3n) is 2.23. The van der Waals surface area contributed by atoms with Gasteiger partial charge in [0.25, 0.3) is 5.69 Å². The van der Waals surface area contributed by atoms with E-state index in [0.717, 1.165) is 12.1 Å². The smallest absolute Gasteiger partial charge is 0.303 e. The number of non-ortho nitro benzene ring substituents is 1. The molecule has 0 unspecified atom stereocenters. The molecule has 0 heterocycles. The first-order valence-corrected chi connectivity index (χ1v) is 6.15. The summed E-state index contributed by atoms with van der Waals surface area (Å²) in [7, 11) is 0. The summed E-state index contributed by atoms with van der Waals surface area (Å²) in [6.07, 6.45) is 1.05. The molecule has 1 rings (SSSR count). The Hall–Kier alpha value is -1.53. The highest BCUT2D eigenvalue weighted by atomic mass is 35.5. The van der Waals surface area contributed by atoms with Crippen LogP contribution in [-0.4, -0.2) is 22.6 Å². The van der Waals surface area contributed by atoms with E-state index in [0.29, 0.717) is 12.8 Å². The Balaban J connectivity index is 2.59. The van der Waals surface area contributed by atoms with Crippen molar-refractivity contribution in [1.82, 2.24) is 0 Å². The molecule has 0 aliphatic rings. The molecule has 0 amide bonds. The summed E-state index contributed by atoms with van der Waals surface area (Å²) in [4.78, 5) is 20.3. The molecule has 0 aliphatic carbocycles. The lowest BCUT2D eigenvalue weighted by molar-refractivity contribution is -0.384. The van der Waals surface area contributed by atoms with Gasteiger partial charge in [-0.1, -0.05) is 23.2 Å². The zero-order valence-corrected chi connectivity index (χ0v) is 11.3. The number of nitrogens with zero attached hydrogens (tertiary/aromatic N) is 1. The minimum absolute atomic E-state index is 0.0532. The number of ether oxygens (including phenoxy) is 1. The van der Waals surface area contributed by atoms with Crippen molar-refractivity contribution in [2.75, 3.05) is 6.61 Å². The normalized spacial score (nSPS) is 10.2. The fourth-order valence-electron chi connectivity index (χ4n) is 1.34. The molecule has 0 aromatic heterocycles. The highest BCUT2D eigenvalue weighted by Gasteiger charge is 2.15. The van der Waals surface area contributed by atoms with E-state index in [1.54, 1.807) is 0 Å². The second-order valence-corrected chi connectivity index (χ2v) is 4.51. The summed E-state index contributed by atoms with van der Waals surface area (Å²) in [5.74, 6) is -0.698. The second kappa shape index (κ2) is 7.16. The average Bonchev–Trinajstić information content (AvgIpc) is 2.30. The summed E-state index contributed by atoms with van der Waals surface area (Å²) >= 11 is 11.7. The molecule has 104 valence electrons. The lowest BCUT2D eigenvalue weighted by Gasteiger charge is -2.09. The van der Waals surface area contributed by atoms with Gasteiger partial charge in [0, 0.05) is 18.6 Å². The van der Waals surface area contributed by atoms with Gasteiger partial charge in [0.2, 0.25) is 0 Å². The molecule has 0 radical (unpaired) electrons. The van der Waals surface area contributed by atoms with Crippen molar-refractivity contribution in [3.05, 3.63) is 32.3 Å². The van der Waals surface area contributed by atoms with Crippen LogP contribution in [0.25, 0.3) is 0 Å². The van der Waals surface area contributed by atoms with Gasteiger partial charge in [-0.3, -0.25) is 14.9 Å². The van der Waals surface area contributed by atoms with Crippen LogP contribution in [0.1, 0.15) is 19.3 Å². The molecule has 0 bridgehead atoms. The predicted molar refractivity (Wildman–Crippen MR) is 70.1 cm³/mol. The number of hydrogen-bond donors (Lipinski definition) is 1. The lowest BCUT2D eigenvalue weighted by Crippen LogP contribution is -2.01. The van der Waals surface area contributed by atoms with Gasteiger partial charge < -0.3 is 9.84 Å². The standard InChI is InChI=1S/C11H11Cl2NO5/c12-8-5-7(14(17)18)6-9(13)11(8)19-4-2-1-3-10(15)16/h5-6H,1-4H2,(H,15,16). The summed E-state index contributed by atoms with van der Waals surface area (Å²) in [5.41, 5.74) is -0.215. The van der Waals surface area contributed by atoms with Crippen LogP contribution in [0.15, 0.2) is 12.1 Å². The first-order chi connectivity index (χ1) is 8.91. The molecule has 6 nitrogen and oxygen atoms in total. The SMILES string of the molecule is O=C(O)CCCCOc1c(Cl)cc([N+](=O)[O-])cc1Cl. The largest absolute Gasteiger partial charge is 0.490 e. The van der Waals surface area contributed by atoms with Crippen molar-refractivity contribution < 1.29 is 19.6 Å².